The van der Waals surface area contributed by atoms with Crippen LogP contribution in [0.2, 0.25) is 0 Å². The predicted octanol–water partition coefficient (Wildman–Crippen LogP) is 3.49. The molecule has 0 spiro atoms. The number of methoxy groups -OCH3 is 1. The molecule has 2 aromatic rings. The SMILES string of the molecule is COc1ccc(CN(C(=O)CCCN2C(=O)c3ccccc3S2(=O)=O)[C@@H](C)C(=O)NC2CCCCC2)cc1. The van der Waals surface area contributed by atoms with Gasteiger partial charge in [-0.05, 0) is 56.0 Å². The molecule has 38 heavy (non-hydrogen) atoms. The molecule has 1 atom stereocenters. The summed E-state index contributed by atoms with van der Waals surface area (Å²) >= 11 is 0. The number of amides is 3. The highest BCUT2D eigenvalue weighted by atomic mass is 32.2. The number of hydrogen-bond donors (Lipinski definition) is 1. The molecule has 1 fully saturated rings. The summed E-state index contributed by atoms with van der Waals surface area (Å²) in [6.07, 6.45) is 5.34. The predicted molar refractivity (Wildman–Crippen MR) is 142 cm³/mol. The van der Waals surface area contributed by atoms with Gasteiger partial charge in [-0.3, -0.25) is 14.4 Å². The lowest BCUT2D eigenvalue weighted by Crippen LogP contribution is -2.50. The van der Waals surface area contributed by atoms with Crippen LogP contribution in [-0.2, 0) is 26.2 Å². The molecule has 0 bridgehead atoms. The molecule has 9 nitrogen and oxygen atoms in total. The van der Waals surface area contributed by atoms with Gasteiger partial charge >= 0.3 is 0 Å². The van der Waals surface area contributed by atoms with Crippen molar-refractivity contribution in [2.24, 2.45) is 0 Å². The Morgan fingerprint density at radius 3 is 2.42 bits per heavy atom. The number of fused-ring (bicyclic) bond motifs is 1. The summed E-state index contributed by atoms with van der Waals surface area (Å²) in [6, 6.07) is 12.8. The molecular weight excluding hydrogens is 506 g/mol. The number of carbonyl (C=O) groups excluding carboxylic acids is 3. The van der Waals surface area contributed by atoms with Crippen molar-refractivity contribution in [3.63, 3.8) is 0 Å². The van der Waals surface area contributed by atoms with Gasteiger partial charge in [0, 0.05) is 25.6 Å². The topological polar surface area (TPSA) is 113 Å². The van der Waals surface area contributed by atoms with Gasteiger partial charge in [-0.1, -0.05) is 43.5 Å². The average Bonchev–Trinajstić information content (AvgIpc) is 3.12. The van der Waals surface area contributed by atoms with E-state index in [1.54, 1.807) is 38.3 Å². The second kappa shape index (κ2) is 12.0. The van der Waals surface area contributed by atoms with Crippen molar-refractivity contribution in [1.82, 2.24) is 14.5 Å². The Morgan fingerprint density at radius 2 is 1.76 bits per heavy atom. The van der Waals surface area contributed by atoms with E-state index in [0.29, 0.717) is 5.75 Å². The van der Waals surface area contributed by atoms with Crippen LogP contribution in [0.15, 0.2) is 53.4 Å². The number of nitrogens with zero attached hydrogens (tertiary/aromatic N) is 2. The van der Waals surface area contributed by atoms with Crippen molar-refractivity contribution in [1.29, 1.82) is 0 Å². The largest absolute Gasteiger partial charge is 0.497 e. The fraction of sp³-hybridized carbons (Fsp3) is 0.464. The third kappa shape index (κ3) is 6.01. The van der Waals surface area contributed by atoms with Crippen molar-refractivity contribution < 1.29 is 27.5 Å². The van der Waals surface area contributed by atoms with Crippen LogP contribution < -0.4 is 10.1 Å². The fourth-order valence-electron chi connectivity index (χ4n) is 5.05. The summed E-state index contributed by atoms with van der Waals surface area (Å²) in [4.78, 5) is 40.7. The number of carbonyl (C=O) groups is 3. The number of benzene rings is 2. The molecule has 0 saturated heterocycles. The van der Waals surface area contributed by atoms with E-state index in [4.69, 9.17) is 4.74 Å². The maximum Gasteiger partial charge on any atom is 0.269 e. The smallest absolute Gasteiger partial charge is 0.269 e. The lowest BCUT2D eigenvalue weighted by atomic mass is 9.95. The number of ether oxygens (including phenoxy) is 1. The summed E-state index contributed by atoms with van der Waals surface area (Å²) in [7, 11) is -2.36. The normalized spacial score (nSPS) is 17.5. The van der Waals surface area contributed by atoms with E-state index in [1.165, 1.54) is 23.5 Å². The second-order valence-electron chi connectivity index (χ2n) is 9.87. The fourth-order valence-corrected chi connectivity index (χ4v) is 6.66. The highest BCUT2D eigenvalue weighted by molar-refractivity contribution is 7.90. The summed E-state index contributed by atoms with van der Waals surface area (Å²) < 4.78 is 31.7. The van der Waals surface area contributed by atoms with E-state index in [9.17, 15) is 22.8 Å². The van der Waals surface area contributed by atoms with Gasteiger partial charge in [-0.2, -0.15) is 0 Å². The maximum atomic E-state index is 13.4. The molecule has 204 valence electrons. The zero-order chi connectivity index (χ0) is 27.3. The van der Waals surface area contributed by atoms with Gasteiger partial charge in [0.25, 0.3) is 15.9 Å². The first kappa shape index (κ1) is 27.6. The standard InChI is InChI=1S/C28H35N3O6S/c1-20(27(33)29-22-9-4-3-5-10-22)30(19-21-14-16-23(37-2)17-15-21)26(32)13-8-18-31-28(34)24-11-6-7-12-25(24)38(31,35)36/h6-7,11-12,14-17,20,22H,3-5,8-10,13,18-19H2,1-2H3,(H,29,33)/t20-/m0/s1. The van der Waals surface area contributed by atoms with Crippen molar-refractivity contribution >= 4 is 27.7 Å². The van der Waals surface area contributed by atoms with E-state index in [1.807, 2.05) is 12.1 Å². The maximum absolute atomic E-state index is 13.4. The highest BCUT2D eigenvalue weighted by Crippen LogP contribution is 2.30. The van der Waals surface area contributed by atoms with Gasteiger partial charge in [0.05, 0.1) is 12.7 Å². The van der Waals surface area contributed by atoms with Gasteiger partial charge in [-0.25, -0.2) is 12.7 Å². The molecule has 2 aromatic carbocycles. The molecule has 10 heteroatoms. The van der Waals surface area contributed by atoms with Crippen molar-refractivity contribution in [3.05, 3.63) is 59.7 Å². The van der Waals surface area contributed by atoms with Gasteiger partial charge in [0.1, 0.15) is 16.7 Å². The Balaban J connectivity index is 1.44. The molecule has 3 amide bonds. The molecule has 1 saturated carbocycles. The van der Waals surface area contributed by atoms with Gasteiger partial charge in [0.15, 0.2) is 0 Å². The minimum atomic E-state index is -3.93. The Bertz CT molecular complexity index is 1270. The monoisotopic (exact) mass is 541 g/mol. The Labute approximate surface area is 224 Å². The number of nitrogens with one attached hydrogen (secondary N) is 1. The van der Waals surface area contributed by atoms with Gasteiger partial charge < -0.3 is 15.0 Å². The van der Waals surface area contributed by atoms with Gasteiger partial charge in [0.2, 0.25) is 11.8 Å². The molecule has 1 heterocycles. The van der Waals surface area contributed by atoms with Crippen LogP contribution in [-0.4, -0.2) is 61.1 Å². The molecule has 2 aliphatic rings. The van der Waals surface area contributed by atoms with Crippen molar-refractivity contribution in [2.45, 2.75) is 75.4 Å². The van der Waals surface area contributed by atoms with Crippen LogP contribution in [0.1, 0.15) is 67.8 Å². The third-order valence-electron chi connectivity index (χ3n) is 7.29. The first-order chi connectivity index (χ1) is 18.2. The third-order valence-corrected chi connectivity index (χ3v) is 9.14. The van der Waals surface area contributed by atoms with Crippen molar-refractivity contribution in [2.75, 3.05) is 13.7 Å². The lowest BCUT2D eigenvalue weighted by Gasteiger charge is -2.31. The molecule has 0 radical (unpaired) electrons. The van der Waals surface area contributed by atoms with E-state index in [0.717, 1.165) is 35.6 Å². The van der Waals surface area contributed by atoms with Crippen LogP contribution in [0.3, 0.4) is 0 Å². The van der Waals surface area contributed by atoms with E-state index in [2.05, 4.69) is 5.32 Å². The van der Waals surface area contributed by atoms with Crippen LogP contribution in [0.5, 0.6) is 5.75 Å². The second-order valence-corrected chi connectivity index (χ2v) is 11.7. The molecule has 1 aliphatic carbocycles. The summed E-state index contributed by atoms with van der Waals surface area (Å²) in [6.45, 7) is 1.82. The van der Waals surface area contributed by atoms with Crippen LogP contribution in [0.4, 0.5) is 0 Å². The molecule has 0 aromatic heterocycles. The number of rotatable bonds is 10. The summed E-state index contributed by atoms with van der Waals surface area (Å²) in [5, 5.41) is 3.10. The number of sulfonamides is 1. The highest BCUT2D eigenvalue weighted by Gasteiger charge is 2.40. The van der Waals surface area contributed by atoms with Crippen LogP contribution in [0, 0.1) is 0 Å². The molecule has 1 N–H and O–H groups in total. The Morgan fingerprint density at radius 1 is 1.08 bits per heavy atom. The Hall–Kier alpha value is -3.40. The molecule has 1 aliphatic heterocycles. The van der Waals surface area contributed by atoms with Crippen LogP contribution in [0.25, 0.3) is 0 Å². The lowest BCUT2D eigenvalue weighted by molar-refractivity contribution is -0.141. The molecular formula is C28H35N3O6S. The number of hydrogen-bond acceptors (Lipinski definition) is 6. The van der Waals surface area contributed by atoms with E-state index in [-0.39, 0.29) is 54.2 Å². The quantitative estimate of drug-likeness (QED) is 0.493. The zero-order valence-corrected chi connectivity index (χ0v) is 22.7. The first-order valence-electron chi connectivity index (χ1n) is 13.1. The molecule has 0 unspecified atom stereocenters. The Kier molecular flexibility index (Phi) is 8.71. The van der Waals surface area contributed by atoms with E-state index >= 15 is 0 Å². The zero-order valence-electron chi connectivity index (χ0n) is 21.9. The van der Waals surface area contributed by atoms with Gasteiger partial charge in [-0.15, -0.1) is 0 Å². The van der Waals surface area contributed by atoms with Crippen LogP contribution >= 0.6 is 0 Å². The van der Waals surface area contributed by atoms with E-state index < -0.39 is 22.0 Å². The first-order valence-corrected chi connectivity index (χ1v) is 14.5. The average molecular weight is 542 g/mol. The minimum Gasteiger partial charge on any atom is -0.497 e. The minimum absolute atomic E-state index is 0.00709. The summed E-state index contributed by atoms with van der Waals surface area (Å²) in [5.41, 5.74) is 0.983. The van der Waals surface area contributed by atoms with Crippen molar-refractivity contribution in [3.8, 4) is 5.75 Å². The molecule has 4 rings (SSSR count). The summed E-state index contributed by atoms with van der Waals surface area (Å²) in [5.74, 6) is -0.379.